The SMILES string of the molecule is CC(C)C(NCc1cc(=O)n2cc(Cl)ccc2n1)C(=O)O. The van der Waals surface area contributed by atoms with E-state index in [-0.39, 0.29) is 18.0 Å². The Morgan fingerprint density at radius 1 is 1.48 bits per heavy atom. The highest BCUT2D eigenvalue weighted by Gasteiger charge is 2.20. The molecule has 2 aromatic heterocycles. The molecular formula is C14H16ClN3O3. The van der Waals surface area contributed by atoms with Gasteiger partial charge in [-0.2, -0.15) is 0 Å². The molecule has 6 nitrogen and oxygen atoms in total. The molecule has 0 aliphatic heterocycles. The maximum atomic E-state index is 12.0. The van der Waals surface area contributed by atoms with Gasteiger partial charge in [0.05, 0.1) is 10.7 Å². The number of pyridine rings is 1. The second-order valence-electron chi connectivity index (χ2n) is 5.10. The standard InChI is InChI=1S/C14H16ClN3O3/c1-8(2)13(14(20)21)16-6-10-5-12(19)18-7-9(15)3-4-11(18)17-10/h3-5,7-8,13,16H,6H2,1-2H3,(H,20,21). The summed E-state index contributed by atoms with van der Waals surface area (Å²) in [5.74, 6) is -0.989. The van der Waals surface area contributed by atoms with Gasteiger partial charge in [0, 0.05) is 18.8 Å². The average molecular weight is 310 g/mol. The minimum absolute atomic E-state index is 0.0668. The van der Waals surface area contributed by atoms with Crippen molar-refractivity contribution in [3.63, 3.8) is 0 Å². The molecule has 2 aromatic rings. The molecule has 0 fully saturated rings. The molecule has 0 spiro atoms. The maximum absolute atomic E-state index is 12.0. The van der Waals surface area contributed by atoms with Gasteiger partial charge in [-0.25, -0.2) is 4.98 Å². The van der Waals surface area contributed by atoms with Crippen molar-refractivity contribution in [2.45, 2.75) is 26.4 Å². The monoisotopic (exact) mass is 309 g/mol. The summed E-state index contributed by atoms with van der Waals surface area (Å²) >= 11 is 5.84. The van der Waals surface area contributed by atoms with Gasteiger partial charge in [-0.15, -0.1) is 0 Å². The van der Waals surface area contributed by atoms with Crippen molar-refractivity contribution in [2.24, 2.45) is 5.92 Å². The second kappa shape index (κ2) is 6.24. The van der Waals surface area contributed by atoms with E-state index in [9.17, 15) is 9.59 Å². The first-order valence-electron chi connectivity index (χ1n) is 6.52. The summed E-state index contributed by atoms with van der Waals surface area (Å²) in [4.78, 5) is 27.4. The van der Waals surface area contributed by atoms with Crippen LogP contribution in [0.3, 0.4) is 0 Å². The quantitative estimate of drug-likeness (QED) is 0.875. The van der Waals surface area contributed by atoms with Gasteiger partial charge in [0.2, 0.25) is 0 Å². The molecule has 1 unspecified atom stereocenters. The highest BCUT2D eigenvalue weighted by Crippen LogP contribution is 2.09. The van der Waals surface area contributed by atoms with Crippen LogP contribution in [-0.2, 0) is 11.3 Å². The summed E-state index contributed by atoms with van der Waals surface area (Å²) in [6.45, 7) is 3.84. The molecule has 2 N–H and O–H groups in total. The number of aromatic nitrogens is 2. The largest absolute Gasteiger partial charge is 0.480 e. The lowest BCUT2D eigenvalue weighted by Crippen LogP contribution is -2.40. The van der Waals surface area contributed by atoms with E-state index >= 15 is 0 Å². The number of hydrogen-bond acceptors (Lipinski definition) is 4. The molecule has 21 heavy (non-hydrogen) atoms. The van der Waals surface area contributed by atoms with Crippen LogP contribution in [0.1, 0.15) is 19.5 Å². The molecule has 0 aliphatic carbocycles. The van der Waals surface area contributed by atoms with Crippen molar-refractivity contribution in [2.75, 3.05) is 0 Å². The van der Waals surface area contributed by atoms with Gasteiger partial charge in [-0.3, -0.25) is 19.3 Å². The first-order chi connectivity index (χ1) is 9.88. The number of carbonyl (C=O) groups is 1. The number of carboxylic acids is 1. The molecular weight excluding hydrogens is 294 g/mol. The Labute approximate surface area is 126 Å². The lowest BCUT2D eigenvalue weighted by atomic mass is 10.0. The van der Waals surface area contributed by atoms with Crippen molar-refractivity contribution >= 4 is 23.2 Å². The van der Waals surface area contributed by atoms with Crippen molar-refractivity contribution < 1.29 is 9.90 Å². The van der Waals surface area contributed by atoms with Gasteiger partial charge in [0.25, 0.3) is 5.56 Å². The Morgan fingerprint density at radius 2 is 2.19 bits per heavy atom. The molecule has 0 amide bonds. The van der Waals surface area contributed by atoms with Gasteiger partial charge in [-0.1, -0.05) is 25.4 Å². The zero-order chi connectivity index (χ0) is 15.6. The van der Waals surface area contributed by atoms with E-state index in [0.717, 1.165) is 0 Å². The second-order valence-corrected chi connectivity index (χ2v) is 5.54. The lowest BCUT2D eigenvalue weighted by Gasteiger charge is -2.17. The summed E-state index contributed by atoms with van der Waals surface area (Å²) in [7, 11) is 0. The number of aliphatic carboxylic acids is 1. The summed E-state index contributed by atoms with van der Waals surface area (Å²) in [5.41, 5.74) is 0.713. The molecule has 0 saturated heterocycles. The predicted molar refractivity (Wildman–Crippen MR) is 79.6 cm³/mol. The first kappa shape index (κ1) is 15.5. The smallest absolute Gasteiger partial charge is 0.320 e. The third kappa shape index (κ3) is 3.59. The van der Waals surface area contributed by atoms with Crippen LogP contribution in [0.5, 0.6) is 0 Å². The maximum Gasteiger partial charge on any atom is 0.320 e. The van der Waals surface area contributed by atoms with Crippen LogP contribution in [0, 0.1) is 5.92 Å². The number of hydrogen-bond donors (Lipinski definition) is 2. The highest BCUT2D eigenvalue weighted by molar-refractivity contribution is 6.30. The van der Waals surface area contributed by atoms with Gasteiger partial charge in [-0.05, 0) is 18.1 Å². The Hall–Kier alpha value is -1.92. The summed E-state index contributed by atoms with van der Waals surface area (Å²) in [5, 5.41) is 12.5. The molecule has 0 saturated carbocycles. The molecule has 0 bridgehead atoms. The zero-order valence-corrected chi connectivity index (χ0v) is 12.5. The predicted octanol–water partition coefficient (Wildman–Crippen LogP) is 1.55. The number of nitrogens with one attached hydrogen (secondary N) is 1. The van der Waals surface area contributed by atoms with E-state index < -0.39 is 12.0 Å². The molecule has 2 heterocycles. The van der Waals surface area contributed by atoms with E-state index in [2.05, 4.69) is 10.3 Å². The van der Waals surface area contributed by atoms with Crippen molar-refractivity contribution in [1.29, 1.82) is 0 Å². The molecule has 112 valence electrons. The van der Waals surface area contributed by atoms with Gasteiger partial charge in [0.15, 0.2) is 0 Å². The molecule has 7 heteroatoms. The fourth-order valence-corrected chi connectivity index (χ4v) is 2.20. The van der Waals surface area contributed by atoms with Crippen molar-refractivity contribution in [3.05, 3.63) is 45.5 Å². The van der Waals surface area contributed by atoms with Gasteiger partial charge >= 0.3 is 5.97 Å². The number of fused-ring (bicyclic) bond motifs is 1. The normalized spacial score (nSPS) is 12.8. The fraction of sp³-hybridized carbons (Fsp3) is 0.357. The Bertz CT molecular complexity index is 727. The molecule has 0 radical (unpaired) electrons. The van der Waals surface area contributed by atoms with Crippen molar-refractivity contribution in [3.8, 4) is 0 Å². The fourth-order valence-electron chi connectivity index (χ4n) is 2.04. The van der Waals surface area contributed by atoms with Crippen LogP contribution in [0.2, 0.25) is 5.02 Å². The third-order valence-corrected chi connectivity index (χ3v) is 3.34. The number of carboxylic acid groups (broad SMARTS) is 1. The molecule has 0 aliphatic rings. The van der Waals surface area contributed by atoms with E-state index in [4.69, 9.17) is 16.7 Å². The minimum Gasteiger partial charge on any atom is -0.480 e. The lowest BCUT2D eigenvalue weighted by molar-refractivity contribution is -0.140. The van der Waals surface area contributed by atoms with E-state index in [1.165, 1.54) is 16.7 Å². The van der Waals surface area contributed by atoms with Crippen LogP contribution >= 0.6 is 11.6 Å². The van der Waals surface area contributed by atoms with E-state index in [1.807, 2.05) is 13.8 Å². The summed E-state index contributed by atoms with van der Waals surface area (Å²) in [6, 6.07) is 3.98. The summed E-state index contributed by atoms with van der Waals surface area (Å²) < 4.78 is 1.35. The van der Waals surface area contributed by atoms with Gasteiger partial charge in [0.1, 0.15) is 11.7 Å². The van der Waals surface area contributed by atoms with Gasteiger partial charge < -0.3 is 5.11 Å². The Balaban J connectivity index is 2.25. The Kier molecular flexibility index (Phi) is 4.59. The van der Waals surface area contributed by atoms with Crippen LogP contribution < -0.4 is 10.9 Å². The molecule has 2 rings (SSSR count). The van der Waals surface area contributed by atoms with Crippen LogP contribution in [-0.4, -0.2) is 26.5 Å². The van der Waals surface area contributed by atoms with Crippen LogP contribution in [0.15, 0.2) is 29.2 Å². The minimum atomic E-state index is -0.922. The van der Waals surface area contributed by atoms with Crippen LogP contribution in [0.25, 0.3) is 5.65 Å². The van der Waals surface area contributed by atoms with Crippen molar-refractivity contribution in [1.82, 2.24) is 14.7 Å². The van der Waals surface area contributed by atoms with E-state index in [1.54, 1.807) is 12.1 Å². The molecule has 0 aromatic carbocycles. The Morgan fingerprint density at radius 3 is 2.81 bits per heavy atom. The summed E-state index contributed by atoms with van der Waals surface area (Å²) in [6.07, 6.45) is 1.50. The topological polar surface area (TPSA) is 83.7 Å². The third-order valence-electron chi connectivity index (χ3n) is 3.11. The first-order valence-corrected chi connectivity index (χ1v) is 6.90. The number of rotatable bonds is 5. The van der Waals surface area contributed by atoms with E-state index in [0.29, 0.717) is 16.4 Å². The molecule has 1 atom stereocenters. The number of nitrogens with zero attached hydrogens (tertiary/aromatic N) is 2. The zero-order valence-electron chi connectivity index (χ0n) is 11.7. The number of halogens is 1. The average Bonchev–Trinajstić information content (AvgIpc) is 2.39. The van der Waals surface area contributed by atoms with Crippen LogP contribution in [0.4, 0.5) is 0 Å². The highest BCUT2D eigenvalue weighted by atomic mass is 35.5.